The smallest absolute Gasteiger partial charge is 0.336 e. The normalized spacial score (nSPS) is 11.4. The zero-order valence-corrected chi connectivity index (χ0v) is 19.4. The lowest BCUT2D eigenvalue weighted by atomic mass is 10.0. The van der Waals surface area contributed by atoms with Crippen molar-refractivity contribution in [3.05, 3.63) is 88.0 Å². The van der Waals surface area contributed by atoms with Crippen LogP contribution in [0.5, 0.6) is 11.5 Å². The van der Waals surface area contributed by atoms with Crippen LogP contribution in [0.1, 0.15) is 38.2 Å². The molecule has 168 valence electrons. The Bertz CT molecular complexity index is 1250. The van der Waals surface area contributed by atoms with E-state index in [1.165, 1.54) is 17.7 Å². The van der Waals surface area contributed by atoms with Gasteiger partial charge in [-0.2, -0.15) is 0 Å². The molecule has 0 aliphatic carbocycles. The Morgan fingerprint density at radius 3 is 2.16 bits per heavy atom. The molecule has 0 atom stereocenters. The summed E-state index contributed by atoms with van der Waals surface area (Å²) in [6.45, 7) is 7.63. The monoisotopic (exact) mass is 453 g/mol. The van der Waals surface area contributed by atoms with Crippen LogP contribution in [0.25, 0.3) is 0 Å². The molecule has 0 saturated carbocycles. The number of carbonyl (C=O) groups is 1. The Morgan fingerprint density at radius 1 is 0.875 bits per heavy atom. The van der Waals surface area contributed by atoms with Gasteiger partial charge in [0.05, 0.1) is 10.5 Å². The number of carboxylic acid groups (broad SMARTS) is 1. The Labute approximate surface area is 188 Å². The minimum absolute atomic E-state index is 0.00951. The number of sulfonamides is 1. The number of hydrogen-bond acceptors (Lipinski definition) is 4. The maximum absolute atomic E-state index is 12.6. The predicted octanol–water partition coefficient (Wildman–Crippen LogP) is 4.93. The van der Waals surface area contributed by atoms with Crippen molar-refractivity contribution in [2.45, 2.75) is 39.0 Å². The van der Waals surface area contributed by atoms with Gasteiger partial charge in [0.2, 0.25) is 10.0 Å². The number of nitrogens with one attached hydrogen (secondary N) is 1. The minimum Gasteiger partial charge on any atom is -0.478 e. The summed E-state index contributed by atoms with van der Waals surface area (Å²) in [6, 6.07) is 16.1. The molecule has 7 heteroatoms. The molecular weight excluding hydrogens is 426 g/mol. The van der Waals surface area contributed by atoms with E-state index in [0.717, 1.165) is 16.9 Å². The average molecular weight is 454 g/mol. The van der Waals surface area contributed by atoms with Crippen LogP contribution in [-0.4, -0.2) is 26.0 Å². The van der Waals surface area contributed by atoms with Crippen molar-refractivity contribution in [3.8, 4) is 11.5 Å². The lowest BCUT2D eigenvalue weighted by Crippen LogP contribution is -2.26. The maximum atomic E-state index is 12.6. The number of carboxylic acids is 1. The van der Waals surface area contributed by atoms with Crippen molar-refractivity contribution in [3.63, 3.8) is 0 Å². The second kappa shape index (κ2) is 9.54. The molecule has 3 aromatic carbocycles. The van der Waals surface area contributed by atoms with Crippen molar-refractivity contribution >= 4 is 16.0 Å². The van der Waals surface area contributed by atoms with Crippen molar-refractivity contribution in [2.75, 3.05) is 6.54 Å². The summed E-state index contributed by atoms with van der Waals surface area (Å²) < 4.78 is 33.7. The van der Waals surface area contributed by atoms with Crippen LogP contribution < -0.4 is 9.46 Å². The summed E-state index contributed by atoms with van der Waals surface area (Å²) in [4.78, 5) is 11.4. The highest BCUT2D eigenvalue weighted by molar-refractivity contribution is 7.89. The predicted molar refractivity (Wildman–Crippen MR) is 124 cm³/mol. The topological polar surface area (TPSA) is 92.7 Å². The van der Waals surface area contributed by atoms with Gasteiger partial charge in [0.1, 0.15) is 11.5 Å². The molecule has 0 heterocycles. The molecule has 0 spiro atoms. The zero-order valence-electron chi connectivity index (χ0n) is 18.6. The van der Waals surface area contributed by atoms with E-state index in [4.69, 9.17) is 4.74 Å². The second-order valence-corrected chi connectivity index (χ2v) is 9.62. The van der Waals surface area contributed by atoms with Gasteiger partial charge in [-0.25, -0.2) is 17.9 Å². The highest BCUT2D eigenvalue weighted by Gasteiger charge is 2.19. The van der Waals surface area contributed by atoms with E-state index in [9.17, 15) is 18.3 Å². The number of rotatable bonds is 8. The van der Waals surface area contributed by atoms with Gasteiger partial charge in [-0.15, -0.1) is 0 Å². The van der Waals surface area contributed by atoms with Crippen LogP contribution in [0, 0.1) is 27.7 Å². The number of benzene rings is 3. The van der Waals surface area contributed by atoms with Crippen molar-refractivity contribution in [1.29, 1.82) is 0 Å². The van der Waals surface area contributed by atoms with Gasteiger partial charge < -0.3 is 9.84 Å². The van der Waals surface area contributed by atoms with Crippen molar-refractivity contribution < 1.29 is 23.1 Å². The summed E-state index contributed by atoms with van der Waals surface area (Å²) in [7, 11) is -3.82. The Hall–Kier alpha value is -3.16. The number of ether oxygens (including phenoxy) is 1. The zero-order chi connectivity index (χ0) is 23.5. The fraction of sp³-hybridized carbons (Fsp3) is 0.240. The molecule has 0 fully saturated rings. The molecule has 0 aliphatic heterocycles. The second-order valence-electron chi connectivity index (χ2n) is 7.86. The average Bonchev–Trinajstić information content (AvgIpc) is 2.73. The minimum atomic E-state index is -3.82. The van der Waals surface area contributed by atoms with Crippen LogP contribution >= 0.6 is 0 Å². The quantitative estimate of drug-likeness (QED) is 0.504. The largest absolute Gasteiger partial charge is 0.478 e. The third kappa shape index (κ3) is 5.55. The van der Waals surface area contributed by atoms with Crippen LogP contribution in [0.15, 0.2) is 59.5 Å². The molecule has 3 rings (SSSR count). The molecule has 32 heavy (non-hydrogen) atoms. The standard InChI is InChI=1S/C25H27NO5S/c1-16-5-8-22(13-17(16)2)31-21-9-6-20(7-10-21)11-12-26-32(29,30)23-14-18(3)19(4)24(15-23)25(27)28/h5-10,13-15,26H,11-12H2,1-4H3,(H,27,28). The van der Waals surface area contributed by atoms with Gasteiger partial charge in [0.15, 0.2) is 0 Å². The highest BCUT2D eigenvalue weighted by Crippen LogP contribution is 2.24. The molecule has 0 aliphatic rings. The summed E-state index contributed by atoms with van der Waals surface area (Å²) in [6.07, 6.45) is 0.486. The molecule has 0 bridgehead atoms. The van der Waals surface area contributed by atoms with E-state index < -0.39 is 16.0 Å². The lowest BCUT2D eigenvalue weighted by molar-refractivity contribution is 0.0695. The van der Waals surface area contributed by atoms with Gasteiger partial charge in [-0.3, -0.25) is 0 Å². The van der Waals surface area contributed by atoms with Gasteiger partial charge in [-0.05, 0) is 98.3 Å². The molecule has 0 saturated heterocycles. The van der Waals surface area contributed by atoms with E-state index >= 15 is 0 Å². The first-order valence-electron chi connectivity index (χ1n) is 10.2. The molecular formula is C25H27NO5S. The van der Waals surface area contributed by atoms with Gasteiger partial charge in [-0.1, -0.05) is 18.2 Å². The first-order valence-corrected chi connectivity index (χ1v) is 11.7. The van der Waals surface area contributed by atoms with E-state index in [-0.39, 0.29) is 17.0 Å². The van der Waals surface area contributed by atoms with Crippen molar-refractivity contribution in [1.82, 2.24) is 4.72 Å². The summed E-state index contributed by atoms with van der Waals surface area (Å²) >= 11 is 0. The van der Waals surface area contributed by atoms with E-state index in [1.54, 1.807) is 13.8 Å². The van der Waals surface area contributed by atoms with E-state index in [2.05, 4.69) is 4.72 Å². The first kappa shape index (κ1) is 23.5. The molecule has 6 nitrogen and oxygen atoms in total. The Morgan fingerprint density at radius 2 is 1.53 bits per heavy atom. The number of aryl methyl sites for hydroxylation is 3. The van der Waals surface area contributed by atoms with E-state index in [0.29, 0.717) is 23.3 Å². The molecule has 2 N–H and O–H groups in total. The summed E-state index contributed by atoms with van der Waals surface area (Å²) in [5, 5.41) is 9.32. The SMILES string of the molecule is Cc1ccc(Oc2ccc(CCNS(=O)(=O)c3cc(C)c(C)c(C(=O)O)c3)cc2)cc1C. The van der Waals surface area contributed by atoms with Crippen LogP contribution in [-0.2, 0) is 16.4 Å². The van der Waals surface area contributed by atoms with Crippen LogP contribution in [0.3, 0.4) is 0 Å². The number of aromatic carboxylic acids is 1. The molecule has 0 unspecified atom stereocenters. The molecule has 0 radical (unpaired) electrons. The maximum Gasteiger partial charge on any atom is 0.336 e. The van der Waals surface area contributed by atoms with Crippen LogP contribution in [0.2, 0.25) is 0 Å². The summed E-state index contributed by atoms with van der Waals surface area (Å²) in [5.41, 5.74) is 4.47. The molecule has 0 amide bonds. The first-order chi connectivity index (χ1) is 15.1. The third-order valence-corrected chi connectivity index (χ3v) is 6.97. The molecule has 0 aromatic heterocycles. The van der Waals surface area contributed by atoms with Gasteiger partial charge in [0, 0.05) is 6.54 Å². The summed E-state index contributed by atoms with van der Waals surface area (Å²) in [5.74, 6) is 0.322. The lowest BCUT2D eigenvalue weighted by Gasteiger charge is -2.12. The Balaban J connectivity index is 1.62. The fourth-order valence-electron chi connectivity index (χ4n) is 3.25. The van der Waals surface area contributed by atoms with Crippen molar-refractivity contribution in [2.24, 2.45) is 0 Å². The number of hydrogen-bond donors (Lipinski definition) is 2. The molecule has 3 aromatic rings. The highest BCUT2D eigenvalue weighted by atomic mass is 32.2. The third-order valence-electron chi connectivity index (χ3n) is 5.52. The Kier molecular flexibility index (Phi) is 7.01. The van der Waals surface area contributed by atoms with Crippen LogP contribution in [0.4, 0.5) is 0 Å². The fourth-order valence-corrected chi connectivity index (χ4v) is 4.40. The van der Waals surface area contributed by atoms with Gasteiger partial charge >= 0.3 is 5.97 Å². The van der Waals surface area contributed by atoms with Gasteiger partial charge in [0.25, 0.3) is 0 Å². The van der Waals surface area contributed by atoms with E-state index in [1.807, 2.05) is 56.3 Å².